The lowest BCUT2D eigenvalue weighted by Gasteiger charge is -2.05. The molecule has 1 N–H and O–H groups in total. The highest BCUT2D eigenvalue weighted by Crippen LogP contribution is 2.11. The molecule has 0 radical (unpaired) electrons. The van der Waals surface area contributed by atoms with E-state index >= 15 is 0 Å². The molecule has 17 heavy (non-hydrogen) atoms. The zero-order valence-electron chi connectivity index (χ0n) is 9.51. The number of carbonyl (C=O) groups is 1. The molecule has 4 nitrogen and oxygen atoms in total. The molecular weight excluding hydrogens is 240 g/mol. The zero-order chi connectivity index (χ0) is 13.1. The first kappa shape index (κ1) is 13.4. The van der Waals surface area contributed by atoms with Crippen LogP contribution in [0.3, 0.4) is 0 Å². The van der Waals surface area contributed by atoms with Gasteiger partial charge in [0.05, 0.1) is 17.1 Å². The monoisotopic (exact) mass is 254 g/mol. The standard InChI is InChI=1S/C12H14O4S/c1-9(2)7-17(15,16)8-10-4-3-5-11(6-10)12(13)14/h3-6H,1,7-8H2,2H3,(H,13,14). The Labute approximate surface area is 101 Å². The number of carboxylic acid groups (broad SMARTS) is 1. The fraction of sp³-hybridized carbons (Fsp3) is 0.250. The third-order valence-electron chi connectivity index (χ3n) is 2.03. The maximum absolute atomic E-state index is 11.7. The van der Waals surface area contributed by atoms with Gasteiger partial charge in [-0.05, 0) is 24.6 Å². The first-order valence-corrected chi connectivity index (χ1v) is 6.79. The predicted molar refractivity (Wildman–Crippen MR) is 65.7 cm³/mol. The van der Waals surface area contributed by atoms with Crippen molar-refractivity contribution in [2.45, 2.75) is 12.7 Å². The summed E-state index contributed by atoms with van der Waals surface area (Å²) in [6.07, 6.45) is 0. The molecule has 0 saturated heterocycles. The quantitative estimate of drug-likeness (QED) is 0.814. The third-order valence-corrected chi connectivity index (χ3v) is 3.73. The Morgan fingerprint density at radius 1 is 1.41 bits per heavy atom. The van der Waals surface area contributed by atoms with Gasteiger partial charge in [0.25, 0.3) is 0 Å². The van der Waals surface area contributed by atoms with E-state index in [9.17, 15) is 13.2 Å². The van der Waals surface area contributed by atoms with Crippen LogP contribution in [-0.2, 0) is 15.6 Å². The van der Waals surface area contributed by atoms with Gasteiger partial charge in [-0.1, -0.05) is 24.3 Å². The molecule has 0 fully saturated rings. The highest BCUT2D eigenvalue weighted by molar-refractivity contribution is 7.90. The smallest absolute Gasteiger partial charge is 0.335 e. The van der Waals surface area contributed by atoms with Gasteiger partial charge in [0.1, 0.15) is 0 Å². The van der Waals surface area contributed by atoms with E-state index in [4.69, 9.17) is 5.11 Å². The van der Waals surface area contributed by atoms with Crippen molar-refractivity contribution in [3.05, 3.63) is 47.5 Å². The molecule has 0 aliphatic rings. The number of hydrogen-bond donors (Lipinski definition) is 1. The van der Waals surface area contributed by atoms with Crippen molar-refractivity contribution in [3.8, 4) is 0 Å². The minimum absolute atomic E-state index is 0.0791. The summed E-state index contributed by atoms with van der Waals surface area (Å²) in [4.78, 5) is 10.7. The molecule has 0 amide bonds. The minimum Gasteiger partial charge on any atom is -0.478 e. The van der Waals surface area contributed by atoms with E-state index in [-0.39, 0.29) is 17.1 Å². The van der Waals surface area contributed by atoms with Gasteiger partial charge in [-0.15, -0.1) is 0 Å². The molecule has 0 aliphatic heterocycles. The molecule has 0 aromatic heterocycles. The van der Waals surface area contributed by atoms with Gasteiger partial charge in [-0.25, -0.2) is 13.2 Å². The summed E-state index contributed by atoms with van der Waals surface area (Å²) in [5.41, 5.74) is 1.14. The second-order valence-corrected chi connectivity index (χ2v) is 6.06. The topological polar surface area (TPSA) is 71.4 Å². The maximum atomic E-state index is 11.7. The summed E-state index contributed by atoms with van der Waals surface area (Å²) in [5, 5.41) is 8.79. The number of hydrogen-bond acceptors (Lipinski definition) is 3. The summed E-state index contributed by atoms with van der Waals surface area (Å²) in [7, 11) is -3.27. The number of carboxylic acids is 1. The van der Waals surface area contributed by atoms with Crippen LogP contribution in [0.2, 0.25) is 0 Å². The third kappa shape index (κ3) is 4.40. The van der Waals surface area contributed by atoms with Gasteiger partial charge in [0.15, 0.2) is 9.84 Å². The molecule has 92 valence electrons. The molecule has 0 aliphatic carbocycles. The summed E-state index contributed by atoms with van der Waals surface area (Å²) in [6, 6.07) is 5.94. The zero-order valence-corrected chi connectivity index (χ0v) is 10.3. The highest BCUT2D eigenvalue weighted by atomic mass is 32.2. The Bertz CT molecular complexity index is 543. The summed E-state index contributed by atoms with van der Waals surface area (Å²) in [6.45, 7) is 5.20. The van der Waals surface area contributed by atoms with Crippen LogP contribution in [0, 0.1) is 0 Å². The van der Waals surface area contributed by atoms with E-state index < -0.39 is 15.8 Å². The summed E-state index contributed by atoms with van der Waals surface area (Å²) in [5.74, 6) is -1.31. The average Bonchev–Trinajstić information content (AvgIpc) is 2.14. The van der Waals surface area contributed by atoms with Crippen LogP contribution in [-0.4, -0.2) is 25.2 Å². The molecular formula is C12H14O4S. The van der Waals surface area contributed by atoms with E-state index in [2.05, 4.69) is 6.58 Å². The fourth-order valence-corrected chi connectivity index (χ4v) is 3.01. The van der Waals surface area contributed by atoms with Gasteiger partial charge in [-0.2, -0.15) is 0 Å². The van der Waals surface area contributed by atoms with Gasteiger partial charge in [0.2, 0.25) is 0 Å². The Balaban J connectivity index is 2.92. The molecule has 1 rings (SSSR count). The van der Waals surface area contributed by atoms with Crippen molar-refractivity contribution in [1.82, 2.24) is 0 Å². The molecule has 0 spiro atoms. The second-order valence-electron chi connectivity index (χ2n) is 3.99. The normalized spacial score (nSPS) is 11.1. The van der Waals surface area contributed by atoms with E-state index in [1.165, 1.54) is 18.2 Å². The molecule has 1 aromatic rings. The van der Waals surface area contributed by atoms with Gasteiger partial charge in [0, 0.05) is 0 Å². The van der Waals surface area contributed by atoms with Gasteiger partial charge in [-0.3, -0.25) is 0 Å². The molecule has 0 unspecified atom stereocenters. The van der Waals surface area contributed by atoms with Crippen molar-refractivity contribution in [1.29, 1.82) is 0 Å². The van der Waals surface area contributed by atoms with Crippen LogP contribution < -0.4 is 0 Å². The molecule has 1 aromatic carbocycles. The Hall–Kier alpha value is -1.62. The van der Waals surface area contributed by atoms with E-state index in [0.717, 1.165) is 0 Å². The highest BCUT2D eigenvalue weighted by Gasteiger charge is 2.13. The number of aromatic carboxylic acids is 1. The second kappa shape index (κ2) is 5.14. The van der Waals surface area contributed by atoms with Crippen molar-refractivity contribution in [2.24, 2.45) is 0 Å². The SMILES string of the molecule is C=C(C)CS(=O)(=O)Cc1cccc(C(=O)O)c1. The van der Waals surface area contributed by atoms with Crippen LogP contribution in [0.15, 0.2) is 36.4 Å². The Morgan fingerprint density at radius 2 is 2.06 bits per heavy atom. The van der Waals surface area contributed by atoms with E-state index in [1.807, 2.05) is 0 Å². The van der Waals surface area contributed by atoms with Gasteiger partial charge >= 0.3 is 5.97 Å². The molecule has 0 atom stereocenters. The maximum Gasteiger partial charge on any atom is 0.335 e. The molecule has 0 bridgehead atoms. The summed E-state index contributed by atoms with van der Waals surface area (Å²) >= 11 is 0. The first-order chi connectivity index (χ1) is 7.80. The first-order valence-electron chi connectivity index (χ1n) is 4.97. The van der Waals surface area contributed by atoms with Crippen LogP contribution in [0.5, 0.6) is 0 Å². The average molecular weight is 254 g/mol. The van der Waals surface area contributed by atoms with E-state index in [0.29, 0.717) is 11.1 Å². The van der Waals surface area contributed by atoms with Gasteiger partial charge < -0.3 is 5.11 Å². The van der Waals surface area contributed by atoms with Crippen LogP contribution in [0.1, 0.15) is 22.8 Å². The molecule has 5 heteroatoms. The van der Waals surface area contributed by atoms with Crippen molar-refractivity contribution < 1.29 is 18.3 Å². The Kier molecular flexibility index (Phi) is 4.07. The fourth-order valence-electron chi connectivity index (χ4n) is 1.47. The molecule has 0 saturated carbocycles. The minimum atomic E-state index is -3.27. The number of sulfone groups is 1. The predicted octanol–water partition coefficient (Wildman–Crippen LogP) is 1.88. The van der Waals surface area contributed by atoms with Crippen LogP contribution in [0.25, 0.3) is 0 Å². The lowest BCUT2D eigenvalue weighted by atomic mass is 10.1. The van der Waals surface area contributed by atoms with Crippen molar-refractivity contribution in [3.63, 3.8) is 0 Å². The molecule has 0 heterocycles. The Morgan fingerprint density at radius 3 is 2.59 bits per heavy atom. The number of benzene rings is 1. The van der Waals surface area contributed by atoms with Crippen LogP contribution in [0.4, 0.5) is 0 Å². The van der Waals surface area contributed by atoms with E-state index in [1.54, 1.807) is 13.0 Å². The van der Waals surface area contributed by atoms with Crippen LogP contribution >= 0.6 is 0 Å². The number of rotatable bonds is 5. The summed E-state index contributed by atoms with van der Waals surface area (Å²) < 4.78 is 23.4. The van der Waals surface area contributed by atoms with Crippen molar-refractivity contribution in [2.75, 3.05) is 5.75 Å². The largest absolute Gasteiger partial charge is 0.478 e. The lowest BCUT2D eigenvalue weighted by molar-refractivity contribution is 0.0696. The van der Waals surface area contributed by atoms with Crippen molar-refractivity contribution >= 4 is 15.8 Å². The lowest BCUT2D eigenvalue weighted by Crippen LogP contribution is -2.10.